The summed E-state index contributed by atoms with van der Waals surface area (Å²) < 4.78 is 46.2. The summed E-state index contributed by atoms with van der Waals surface area (Å²) in [6.07, 6.45) is 0. The SMILES string of the molecule is CN1CCN(C(=O)c2ccc3n(c2=O)C(c2ccc(Cl)cc2)C(c2ccc(Cl)cc2)N3S(=O)(=O)c2ccccc2F)CC1. The summed E-state index contributed by atoms with van der Waals surface area (Å²) in [7, 11) is -2.61. The number of amides is 1. The molecule has 0 spiro atoms. The molecule has 222 valence electrons. The quantitative estimate of drug-likeness (QED) is 0.299. The molecule has 12 heteroatoms. The van der Waals surface area contributed by atoms with Crippen LogP contribution >= 0.6 is 23.2 Å². The number of fused-ring (bicyclic) bond motifs is 1. The van der Waals surface area contributed by atoms with Gasteiger partial charge < -0.3 is 9.80 Å². The Morgan fingerprint density at radius 2 is 1.35 bits per heavy atom. The fourth-order valence-electron chi connectivity index (χ4n) is 5.75. The number of hydrogen-bond acceptors (Lipinski definition) is 5. The summed E-state index contributed by atoms with van der Waals surface area (Å²) in [5.41, 5.74) is 0.362. The summed E-state index contributed by atoms with van der Waals surface area (Å²) in [5.74, 6) is -1.35. The van der Waals surface area contributed by atoms with Gasteiger partial charge in [-0.15, -0.1) is 0 Å². The highest BCUT2D eigenvalue weighted by atomic mass is 35.5. The number of aromatic nitrogens is 1. The van der Waals surface area contributed by atoms with Gasteiger partial charge in [0.15, 0.2) is 0 Å². The van der Waals surface area contributed by atoms with Crippen LogP contribution in [0.4, 0.5) is 10.2 Å². The average molecular weight is 642 g/mol. The van der Waals surface area contributed by atoms with Crippen LogP contribution in [0.5, 0.6) is 0 Å². The third-order valence-corrected chi connectivity index (χ3v) is 10.3. The highest BCUT2D eigenvalue weighted by Crippen LogP contribution is 2.49. The second kappa shape index (κ2) is 11.4. The molecule has 0 bridgehead atoms. The van der Waals surface area contributed by atoms with E-state index in [-0.39, 0.29) is 11.4 Å². The normalized spacial score (nSPS) is 19.0. The molecule has 43 heavy (non-hydrogen) atoms. The Kier molecular flexibility index (Phi) is 7.80. The molecule has 4 aromatic rings. The molecule has 1 aromatic heterocycles. The van der Waals surface area contributed by atoms with E-state index in [1.54, 1.807) is 53.4 Å². The molecule has 6 rings (SSSR count). The number of benzene rings is 3. The average Bonchev–Trinajstić information content (AvgIpc) is 3.35. The summed E-state index contributed by atoms with van der Waals surface area (Å²) in [6.45, 7) is 2.24. The molecule has 0 radical (unpaired) electrons. The Morgan fingerprint density at radius 1 is 0.791 bits per heavy atom. The van der Waals surface area contributed by atoms with Crippen molar-refractivity contribution in [2.45, 2.75) is 17.0 Å². The first-order chi connectivity index (χ1) is 20.6. The van der Waals surface area contributed by atoms with E-state index in [4.69, 9.17) is 23.2 Å². The minimum atomic E-state index is -4.58. The van der Waals surface area contributed by atoms with Crippen LogP contribution in [0.1, 0.15) is 33.6 Å². The van der Waals surface area contributed by atoms with Crippen molar-refractivity contribution in [3.05, 3.63) is 128 Å². The fourth-order valence-corrected chi connectivity index (χ4v) is 7.71. The van der Waals surface area contributed by atoms with Gasteiger partial charge in [-0.25, -0.2) is 17.1 Å². The van der Waals surface area contributed by atoms with Crippen LogP contribution in [0.3, 0.4) is 0 Å². The molecule has 2 unspecified atom stereocenters. The Balaban J connectivity index is 1.61. The third kappa shape index (κ3) is 5.22. The Bertz CT molecular complexity index is 1860. The van der Waals surface area contributed by atoms with E-state index >= 15 is 4.39 Å². The Hall–Kier alpha value is -3.70. The van der Waals surface area contributed by atoms with E-state index in [2.05, 4.69) is 4.90 Å². The molecule has 1 saturated heterocycles. The highest BCUT2D eigenvalue weighted by Gasteiger charge is 2.48. The van der Waals surface area contributed by atoms with Crippen molar-refractivity contribution in [3.63, 3.8) is 0 Å². The van der Waals surface area contributed by atoms with E-state index in [1.165, 1.54) is 34.9 Å². The van der Waals surface area contributed by atoms with Gasteiger partial charge in [0.1, 0.15) is 22.1 Å². The lowest BCUT2D eigenvalue weighted by Crippen LogP contribution is -2.48. The molecular weight excluding hydrogens is 614 g/mol. The van der Waals surface area contributed by atoms with Crippen molar-refractivity contribution in [2.24, 2.45) is 0 Å². The first-order valence-corrected chi connectivity index (χ1v) is 15.8. The first kappa shape index (κ1) is 29.4. The number of nitrogens with zero attached hydrogens (tertiary/aromatic N) is 4. The zero-order valence-electron chi connectivity index (χ0n) is 23.0. The molecule has 0 aliphatic carbocycles. The number of carbonyl (C=O) groups excluding carboxylic acids is 1. The van der Waals surface area contributed by atoms with Crippen molar-refractivity contribution in [1.82, 2.24) is 14.4 Å². The molecular formula is C31H27Cl2FN4O4S. The molecule has 2 aliphatic rings. The van der Waals surface area contributed by atoms with Crippen molar-refractivity contribution < 1.29 is 17.6 Å². The van der Waals surface area contributed by atoms with Crippen LogP contribution in [0.25, 0.3) is 0 Å². The van der Waals surface area contributed by atoms with Crippen molar-refractivity contribution in [3.8, 4) is 0 Å². The van der Waals surface area contributed by atoms with E-state index in [0.717, 1.165) is 10.4 Å². The summed E-state index contributed by atoms with van der Waals surface area (Å²) >= 11 is 12.4. The van der Waals surface area contributed by atoms with Gasteiger partial charge >= 0.3 is 0 Å². The predicted octanol–water partition coefficient (Wildman–Crippen LogP) is 5.22. The molecule has 1 amide bonds. The summed E-state index contributed by atoms with van der Waals surface area (Å²) in [5, 5.41) is 0.884. The van der Waals surface area contributed by atoms with Crippen molar-refractivity contribution in [2.75, 3.05) is 37.5 Å². The minimum absolute atomic E-state index is 0.00285. The highest BCUT2D eigenvalue weighted by molar-refractivity contribution is 7.92. The molecule has 8 nitrogen and oxygen atoms in total. The van der Waals surface area contributed by atoms with E-state index in [0.29, 0.717) is 47.4 Å². The summed E-state index contributed by atoms with van der Waals surface area (Å²) in [4.78, 5) is 31.1. The molecule has 2 atom stereocenters. The zero-order chi connectivity index (χ0) is 30.5. The Labute approximate surface area is 258 Å². The number of pyridine rings is 1. The van der Waals surface area contributed by atoms with E-state index in [1.807, 2.05) is 7.05 Å². The van der Waals surface area contributed by atoms with Gasteiger partial charge in [-0.1, -0.05) is 59.6 Å². The fraction of sp³-hybridized carbons (Fsp3) is 0.226. The number of sulfonamides is 1. The second-order valence-electron chi connectivity index (χ2n) is 10.6. The summed E-state index contributed by atoms with van der Waals surface area (Å²) in [6, 6.07) is 19.2. The number of likely N-dealkylation sites (N-methyl/N-ethyl adjacent to an activating group) is 1. The molecule has 2 aliphatic heterocycles. The van der Waals surface area contributed by atoms with Gasteiger partial charge in [0.25, 0.3) is 21.5 Å². The monoisotopic (exact) mass is 640 g/mol. The van der Waals surface area contributed by atoms with Gasteiger partial charge in [-0.3, -0.25) is 14.2 Å². The molecule has 3 aromatic carbocycles. The Morgan fingerprint density at radius 3 is 1.93 bits per heavy atom. The van der Waals surface area contributed by atoms with Gasteiger partial charge in [0.05, 0.1) is 12.1 Å². The number of halogens is 3. The van der Waals surface area contributed by atoms with E-state index < -0.39 is 44.3 Å². The number of rotatable bonds is 5. The van der Waals surface area contributed by atoms with Crippen molar-refractivity contribution in [1.29, 1.82) is 0 Å². The van der Waals surface area contributed by atoms with Crippen LogP contribution in [0.2, 0.25) is 10.0 Å². The van der Waals surface area contributed by atoms with Crippen LogP contribution in [0.15, 0.2) is 94.6 Å². The standard InChI is InChI=1S/C31H27Cl2FN4O4S/c1-35-16-18-36(19-17-35)30(39)24-14-15-27-37(31(24)40)28(20-6-10-22(32)11-7-20)29(21-8-12-23(33)13-9-21)38(27)43(41,42)26-5-3-2-4-25(26)34/h2-15,28-29H,16-19H2,1H3. The maximum absolute atomic E-state index is 15.1. The van der Waals surface area contributed by atoms with Gasteiger partial charge in [0, 0.05) is 36.2 Å². The second-order valence-corrected chi connectivity index (χ2v) is 13.3. The zero-order valence-corrected chi connectivity index (χ0v) is 25.4. The van der Waals surface area contributed by atoms with Gasteiger partial charge in [-0.05, 0) is 66.7 Å². The lowest BCUT2D eigenvalue weighted by molar-refractivity contribution is 0.0661. The minimum Gasteiger partial charge on any atom is -0.336 e. The smallest absolute Gasteiger partial charge is 0.269 e. The van der Waals surface area contributed by atoms with Gasteiger partial charge in [-0.2, -0.15) is 0 Å². The van der Waals surface area contributed by atoms with Crippen LogP contribution in [-0.2, 0) is 10.0 Å². The first-order valence-electron chi connectivity index (χ1n) is 13.6. The van der Waals surface area contributed by atoms with Crippen LogP contribution in [-0.4, -0.2) is 61.9 Å². The lowest BCUT2D eigenvalue weighted by Gasteiger charge is -2.32. The topological polar surface area (TPSA) is 82.9 Å². The maximum Gasteiger partial charge on any atom is 0.269 e. The number of carbonyl (C=O) groups is 1. The maximum atomic E-state index is 15.1. The van der Waals surface area contributed by atoms with E-state index in [9.17, 15) is 18.0 Å². The van der Waals surface area contributed by atoms with Gasteiger partial charge in [0.2, 0.25) is 0 Å². The molecule has 1 fully saturated rings. The predicted molar refractivity (Wildman–Crippen MR) is 164 cm³/mol. The third-order valence-electron chi connectivity index (χ3n) is 7.97. The van der Waals surface area contributed by atoms with Crippen LogP contribution < -0.4 is 9.86 Å². The number of hydrogen-bond donors (Lipinski definition) is 0. The van der Waals surface area contributed by atoms with Crippen molar-refractivity contribution >= 4 is 45.0 Å². The molecule has 3 heterocycles. The molecule has 0 saturated carbocycles. The number of anilines is 1. The molecule has 0 N–H and O–H groups in total. The largest absolute Gasteiger partial charge is 0.336 e. The van der Waals surface area contributed by atoms with Crippen LogP contribution in [0, 0.1) is 5.82 Å². The lowest BCUT2D eigenvalue weighted by atomic mass is 9.94. The number of piperazine rings is 1.